The van der Waals surface area contributed by atoms with Gasteiger partial charge >= 0.3 is 23.3 Å². The molecule has 4 aliphatic rings. The molecule has 5 aromatic carbocycles. The van der Waals surface area contributed by atoms with Crippen molar-refractivity contribution >= 4 is 78.1 Å². The molecule has 12 heteroatoms. The minimum Gasteiger partial charge on any atom is -0.349 e. The molecular weight excluding hydrogens is 764 g/mol. The Morgan fingerprint density at radius 1 is 0.520 bits per heavy atom. The number of amidine groups is 2. The lowest BCUT2D eigenvalue weighted by atomic mass is 9.99. The first kappa shape index (κ1) is 30.6. The molecule has 5 aromatic rings. The van der Waals surface area contributed by atoms with Gasteiger partial charge in [-0.2, -0.15) is 0 Å². The molecule has 0 aromatic heterocycles. The van der Waals surface area contributed by atoms with Crippen LogP contribution in [-0.2, 0) is 30.7 Å². The first-order valence-corrected chi connectivity index (χ1v) is 17.3. The second-order valence-corrected chi connectivity index (χ2v) is 14.1. The van der Waals surface area contributed by atoms with Crippen LogP contribution in [0.5, 0.6) is 0 Å². The fourth-order valence-electron chi connectivity index (χ4n) is 7.22. The van der Waals surface area contributed by atoms with Gasteiger partial charge < -0.3 is 19.5 Å². The van der Waals surface area contributed by atoms with Crippen LogP contribution in [-0.4, -0.2) is 37.6 Å². The van der Waals surface area contributed by atoms with Gasteiger partial charge in [-0.15, -0.1) is 0 Å². The van der Waals surface area contributed by atoms with Crippen LogP contribution in [0.2, 0.25) is 0 Å². The van der Waals surface area contributed by atoms with Gasteiger partial charge in [-0.3, -0.25) is 19.4 Å². The molecule has 0 fully saturated rings. The van der Waals surface area contributed by atoms with Crippen molar-refractivity contribution in [3.05, 3.63) is 153 Å². The molecule has 0 saturated carbocycles. The lowest BCUT2D eigenvalue weighted by Crippen LogP contribution is -2.53. The zero-order valence-corrected chi connectivity index (χ0v) is 29.8. The number of benzene rings is 5. The number of carbonyl (C=O) groups excluding carboxylic acids is 2. The zero-order valence-electron chi connectivity index (χ0n) is 26.6. The third kappa shape index (κ3) is 4.06. The minimum absolute atomic E-state index is 0.272. The summed E-state index contributed by atoms with van der Waals surface area (Å²) in [5.74, 6) is 0.407. The van der Waals surface area contributed by atoms with Gasteiger partial charge in [0.15, 0.2) is 11.7 Å². The van der Waals surface area contributed by atoms with Crippen molar-refractivity contribution < 1.29 is 19.3 Å². The third-order valence-electron chi connectivity index (χ3n) is 9.60. The molecule has 2 atom stereocenters. The molecule has 4 aliphatic heterocycles. The van der Waals surface area contributed by atoms with Crippen molar-refractivity contribution in [2.45, 2.75) is 11.4 Å². The number of hydrogen-bond acceptors (Lipinski definition) is 8. The Bertz CT molecular complexity index is 2130. The summed E-state index contributed by atoms with van der Waals surface area (Å²) in [6, 6.07) is 38.1. The zero-order chi connectivity index (χ0) is 34.4. The van der Waals surface area contributed by atoms with Crippen molar-refractivity contribution in [2.24, 2.45) is 10.3 Å². The van der Waals surface area contributed by atoms with Crippen LogP contribution in [0.25, 0.3) is 0 Å². The van der Waals surface area contributed by atoms with Gasteiger partial charge in [-0.05, 0) is 60.7 Å². The third-order valence-corrected chi connectivity index (χ3v) is 10.7. The number of carbonyl (C=O) groups is 2. The van der Waals surface area contributed by atoms with E-state index in [1.807, 2.05) is 131 Å². The van der Waals surface area contributed by atoms with Crippen LogP contribution in [0.3, 0.4) is 0 Å². The number of hydrogen-bond donors (Lipinski definition) is 0. The molecule has 4 heterocycles. The second-order valence-electron chi connectivity index (χ2n) is 12.3. The Morgan fingerprint density at radius 2 is 0.880 bits per heavy atom. The lowest BCUT2D eigenvalue weighted by Gasteiger charge is -2.35. The van der Waals surface area contributed by atoms with E-state index in [2.05, 4.69) is 42.2 Å². The highest BCUT2D eigenvalue weighted by atomic mass is 79.9. The summed E-state index contributed by atoms with van der Waals surface area (Å²) in [5, 5.41) is 9.10. The molecular formula is C38H26Br2N6O4. The predicted octanol–water partition coefficient (Wildman–Crippen LogP) is 7.27. The normalized spacial score (nSPS) is 21.8. The summed E-state index contributed by atoms with van der Waals surface area (Å²) in [7, 11) is 3.48. The van der Waals surface area contributed by atoms with Crippen molar-refractivity contribution in [2.75, 3.05) is 33.7 Å². The first-order valence-electron chi connectivity index (χ1n) is 15.8. The van der Waals surface area contributed by atoms with Crippen molar-refractivity contribution in [1.82, 2.24) is 0 Å². The molecule has 0 bridgehead atoms. The van der Waals surface area contributed by atoms with E-state index in [9.17, 15) is 9.59 Å². The lowest BCUT2D eigenvalue weighted by molar-refractivity contribution is -0.140. The van der Waals surface area contributed by atoms with Gasteiger partial charge in [0.1, 0.15) is 0 Å². The molecule has 2 amide bonds. The Kier molecular flexibility index (Phi) is 6.74. The highest BCUT2D eigenvalue weighted by Gasteiger charge is 2.63. The number of likely N-dealkylation sites (N-methyl/N-ethyl adjacent to an activating group) is 2. The van der Waals surface area contributed by atoms with Gasteiger partial charge in [0.25, 0.3) is 0 Å². The molecule has 10 nitrogen and oxygen atoms in total. The first-order chi connectivity index (χ1) is 24.3. The smallest absolute Gasteiger partial charge is 0.322 e. The number of nitrogens with zero attached hydrogens (tertiary/aromatic N) is 6. The second kappa shape index (κ2) is 11.0. The van der Waals surface area contributed by atoms with E-state index >= 15 is 0 Å². The number of anilines is 4. The number of amides is 2. The van der Waals surface area contributed by atoms with E-state index in [4.69, 9.17) is 9.68 Å². The van der Waals surface area contributed by atoms with Crippen LogP contribution < -0.4 is 19.6 Å². The van der Waals surface area contributed by atoms with Gasteiger partial charge in [0, 0.05) is 45.5 Å². The quantitative estimate of drug-likeness (QED) is 0.191. The van der Waals surface area contributed by atoms with E-state index < -0.39 is 11.4 Å². The van der Waals surface area contributed by atoms with E-state index in [-0.39, 0.29) is 11.8 Å². The Hall–Kier alpha value is -5.46. The molecule has 0 saturated heterocycles. The van der Waals surface area contributed by atoms with Gasteiger partial charge in [-0.25, -0.2) is 0 Å². The van der Waals surface area contributed by atoms with Crippen LogP contribution in [0.15, 0.2) is 141 Å². The van der Waals surface area contributed by atoms with Gasteiger partial charge in [-0.1, -0.05) is 103 Å². The average molecular weight is 790 g/mol. The Labute approximate surface area is 304 Å². The molecule has 0 radical (unpaired) electrons. The van der Waals surface area contributed by atoms with Crippen molar-refractivity contribution in [3.63, 3.8) is 0 Å². The number of rotatable bonds is 4. The average Bonchev–Trinajstić information content (AvgIpc) is 3.85. The maximum absolute atomic E-state index is 14.2. The summed E-state index contributed by atoms with van der Waals surface area (Å²) in [4.78, 5) is 47.9. The highest BCUT2D eigenvalue weighted by molar-refractivity contribution is 9.10. The largest absolute Gasteiger partial charge is 0.349 e. The molecule has 246 valence electrons. The topological polar surface area (TPSA) is 90.3 Å². The van der Waals surface area contributed by atoms with Crippen LogP contribution >= 0.6 is 31.9 Å². The summed E-state index contributed by atoms with van der Waals surface area (Å²) >= 11 is 7.04. The maximum atomic E-state index is 14.2. The summed E-state index contributed by atoms with van der Waals surface area (Å²) in [6.07, 6.45) is 0. The number of para-hydroxylation sites is 2. The predicted molar refractivity (Wildman–Crippen MR) is 198 cm³/mol. The molecule has 0 aliphatic carbocycles. The molecule has 2 unspecified atom stereocenters. The van der Waals surface area contributed by atoms with E-state index in [1.54, 1.807) is 23.9 Å². The molecule has 50 heavy (non-hydrogen) atoms. The fourth-order valence-corrected chi connectivity index (χ4v) is 7.75. The Balaban J connectivity index is 1.20. The number of oxime groups is 2. The summed E-state index contributed by atoms with van der Waals surface area (Å²) in [5.41, 5.74) is 2.53. The molecule has 2 spiro atoms. The number of fused-ring (bicyclic) bond motifs is 4. The van der Waals surface area contributed by atoms with Crippen molar-refractivity contribution in [3.8, 4) is 0 Å². The molecule has 9 rings (SSSR count). The summed E-state index contributed by atoms with van der Waals surface area (Å²) in [6.45, 7) is 0. The SMILES string of the molecule is CN1C(=O)C2(ON=C(c3ccc(Br)cc3)N2c2ccc(N3C(c4ccc(Br)cc4)=NOC34C(=O)N(C)c3ccccc34)cc2)c2ccccc21. The van der Waals surface area contributed by atoms with Crippen LogP contribution in [0, 0.1) is 0 Å². The summed E-state index contributed by atoms with van der Waals surface area (Å²) < 4.78 is 1.82. The maximum Gasteiger partial charge on any atom is 0.322 e. The van der Waals surface area contributed by atoms with E-state index in [0.717, 1.165) is 31.4 Å². The monoisotopic (exact) mass is 788 g/mol. The van der Waals surface area contributed by atoms with Crippen LogP contribution in [0.4, 0.5) is 22.7 Å². The fraction of sp³-hybridized carbons (Fsp3) is 0.105. The van der Waals surface area contributed by atoms with Gasteiger partial charge in [0.05, 0.1) is 22.5 Å². The molecule has 0 N–H and O–H groups in total. The highest BCUT2D eigenvalue weighted by Crippen LogP contribution is 2.52. The Morgan fingerprint density at radius 3 is 1.26 bits per heavy atom. The number of halogens is 2. The minimum atomic E-state index is -1.57. The van der Waals surface area contributed by atoms with E-state index in [0.29, 0.717) is 34.2 Å². The van der Waals surface area contributed by atoms with E-state index in [1.165, 1.54) is 0 Å². The van der Waals surface area contributed by atoms with Crippen LogP contribution in [0.1, 0.15) is 22.3 Å². The van der Waals surface area contributed by atoms with Gasteiger partial charge in [0.2, 0.25) is 0 Å². The standard InChI is InChI=1S/C38H26Br2N6O4/c1-43-31-9-5-3-7-29(31)37(35(43)47)45(33(41-49-37)23-11-15-25(39)16-12-23)27-19-21-28(22-20-27)46-34(24-13-17-26(40)18-14-24)42-50-38(46)30-8-4-6-10-32(30)44(2)36(38)48/h3-22H,1-2H3. The van der Waals surface area contributed by atoms with Crippen molar-refractivity contribution in [1.29, 1.82) is 0 Å².